The van der Waals surface area contributed by atoms with Crippen molar-refractivity contribution in [3.05, 3.63) is 59.3 Å². The lowest BCUT2D eigenvalue weighted by atomic mass is 10.1. The van der Waals surface area contributed by atoms with E-state index in [9.17, 15) is 0 Å². The number of benzene rings is 1. The second-order valence-electron chi connectivity index (χ2n) is 4.93. The van der Waals surface area contributed by atoms with E-state index in [-0.39, 0.29) is 0 Å². The van der Waals surface area contributed by atoms with Gasteiger partial charge in [-0.05, 0) is 30.2 Å². The van der Waals surface area contributed by atoms with E-state index >= 15 is 0 Å². The quantitative estimate of drug-likeness (QED) is 0.782. The van der Waals surface area contributed by atoms with Crippen molar-refractivity contribution >= 4 is 11.6 Å². The highest BCUT2D eigenvalue weighted by Gasteiger charge is 2.06. The van der Waals surface area contributed by atoms with Crippen molar-refractivity contribution in [2.45, 2.75) is 20.1 Å². The first-order chi connectivity index (χ1) is 10.3. The molecule has 2 heterocycles. The van der Waals surface area contributed by atoms with Crippen molar-refractivity contribution < 1.29 is 4.74 Å². The fourth-order valence-corrected chi connectivity index (χ4v) is 2.31. The molecule has 3 aromatic rings. The van der Waals surface area contributed by atoms with Crippen LogP contribution >= 0.6 is 0 Å². The number of pyridine rings is 1. The number of nitrogens with zero attached hydrogens (tertiary/aromatic N) is 3. The normalized spacial score (nSPS) is 11.0. The van der Waals surface area contributed by atoms with Crippen molar-refractivity contribution in [2.24, 2.45) is 0 Å². The molecule has 0 atom stereocenters. The van der Waals surface area contributed by atoms with Crippen LogP contribution < -0.4 is 5.32 Å². The average Bonchev–Trinajstić information content (AvgIpc) is 2.91. The zero-order valence-electron chi connectivity index (χ0n) is 12.2. The summed E-state index contributed by atoms with van der Waals surface area (Å²) >= 11 is 0. The first-order valence-corrected chi connectivity index (χ1v) is 6.90. The minimum absolute atomic E-state index is 0.607. The van der Waals surface area contributed by atoms with Crippen LogP contribution in [0.3, 0.4) is 0 Å². The second-order valence-corrected chi connectivity index (χ2v) is 4.93. The Morgan fingerprint density at radius 1 is 1.10 bits per heavy atom. The molecule has 0 fully saturated rings. The molecule has 1 N–H and O–H groups in total. The molecule has 0 aliphatic heterocycles. The highest BCUT2D eigenvalue weighted by Crippen LogP contribution is 2.13. The number of hydrogen-bond donors (Lipinski definition) is 1. The van der Waals surface area contributed by atoms with Gasteiger partial charge in [-0.25, -0.2) is 4.52 Å². The Morgan fingerprint density at radius 2 is 1.90 bits per heavy atom. The third-order valence-electron chi connectivity index (χ3n) is 3.40. The minimum atomic E-state index is 0.607. The zero-order chi connectivity index (χ0) is 14.7. The first-order valence-electron chi connectivity index (χ1n) is 6.90. The van der Waals surface area contributed by atoms with Crippen molar-refractivity contribution in [2.75, 3.05) is 12.4 Å². The fraction of sp³-hybridized carbons (Fsp3) is 0.250. The van der Waals surface area contributed by atoms with E-state index in [2.05, 4.69) is 27.5 Å². The predicted octanol–water partition coefficient (Wildman–Crippen LogP) is 2.80. The number of rotatable bonds is 5. The molecular formula is C16H18N4O. The summed E-state index contributed by atoms with van der Waals surface area (Å²) in [6.07, 6.45) is 0. The van der Waals surface area contributed by atoms with Gasteiger partial charge < -0.3 is 10.1 Å². The van der Waals surface area contributed by atoms with Crippen LogP contribution in [0.15, 0.2) is 42.5 Å². The van der Waals surface area contributed by atoms with Gasteiger partial charge in [-0.3, -0.25) is 0 Å². The third kappa shape index (κ3) is 2.87. The Hall–Kier alpha value is -2.40. The maximum Gasteiger partial charge on any atom is 0.243 e. The molecule has 2 aromatic heterocycles. The Balaban J connectivity index is 1.79. The van der Waals surface area contributed by atoms with Gasteiger partial charge in [0.05, 0.1) is 6.61 Å². The van der Waals surface area contributed by atoms with Crippen LogP contribution in [0.1, 0.15) is 16.8 Å². The van der Waals surface area contributed by atoms with Gasteiger partial charge in [0.25, 0.3) is 0 Å². The number of hydrogen-bond acceptors (Lipinski definition) is 4. The molecule has 1 aromatic carbocycles. The summed E-state index contributed by atoms with van der Waals surface area (Å²) in [6.45, 7) is 3.30. The Labute approximate surface area is 123 Å². The highest BCUT2D eigenvalue weighted by atomic mass is 16.5. The summed E-state index contributed by atoms with van der Waals surface area (Å²) in [5.41, 5.74) is 4.28. The molecule has 0 aliphatic carbocycles. The number of methoxy groups -OCH3 is 1. The van der Waals surface area contributed by atoms with Crippen molar-refractivity contribution in [3.8, 4) is 0 Å². The number of aromatic nitrogens is 3. The van der Waals surface area contributed by atoms with Crippen molar-refractivity contribution in [3.63, 3.8) is 0 Å². The average molecular weight is 282 g/mol. The smallest absolute Gasteiger partial charge is 0.243 e. The van der Waals surface area contributed by atoms with Gasteiger partial charge in [0, 0.05) is 19.3 Å². The molecule has 5 nitrogen and oxygen atoms in total. The van der Waals surface area contributed by atoms with E-state index in [0.29, 0.717) is 19.1 Å². The summed E-state index contributed by atoms with van der Waals surface area (Å²) in [5, 5.41) is 7.74. The third-order valence-corrected chi connectivity index (χ3v) is 3.40. The van der Waals surface area contributed by atoms with E-state index in [1.165, 1.54) is 11.1 Å². The Bertz CT molecular complexity index is 751. The van der Waals surface area contributed by atoms with E-state index < -0.39 is 0 Å². The van der Waals surface area contributed by atoms with Crippen molar-refractivity contribution in [1.82, 2.24) is 14.6 Å². The number of anilines is 1. The van der Waals surface area contributed by atoms with Crippen LogP contribution in [0.25, 0.3) is 5.65 Å². The molecular weight excluding hydrogens is 264 g/mol. The molecule has 3 rings (SSSR count). The topological polar surface area (TPSA) is 51.5 Å². The van der Waals surface area contributed by atoms with Gasteiger partial charge in [0.2, 0.25) is 5.95 Å². The lowest BCUT2D eigenvalue weighted by molar-refractivity contribution is 0.184. The monoisotopic (exact) mass is 282 g/mol. The summed E-state index contributed by atoms with van der Waals surface area (Å²) in [5.74, 6) is 0.636. The second kappa shape index (κ2) is 5.93. The van der Waals surface area contributed by atoms with Gasteiger partial charge >= 0.3 is 0 Å². The maximum atomic E-state index is 5.22. The molecule has 21 heavy (non-hydrogen) atoms. The highest BCUT2D eigenvalue weighted by molar-refractivity contribution is 5.45. The van der Waals surface area contributed by atoms with Crippen LogP contribution in [-0.2, 0) is 17.9 Å². The minimum Gasteiger partial charge on any atom is -0.380 e. The zero-order valence-corrected chi connectivity index (χ0v) is 12.2. The standard InChI is InChI=1S/C16H18N4O/c1-12-6-5-9-15-18-16(19-20(12)15)17-10-13-7-3-4-8-14(13)11-21-2/h3-9H,10-11H2,1-2H3,(H,17,19). The summed E-state index contributed by atoms with van der Waals surface area (Å²) in [6, 6.07) is 14.1. The van der Waals surface area contributed by atoms with Gasteiger partial charge in [0.15, 0.2) is 5.65 Å². The lowest BCUT2D eigenvalue weighted by Gasteiger charge is -2.08. The molecule has 0 spiro atoms. The van der Waals surface area contributed by atoms with Crippen LogP contribution in [0.5, 0.6) is 0 Å². The largest absolute Gasteiger partial charge is 0.380 e. The SMILES string of the molecule is COCc1ccccc1CNc1nc2cccc(C)n2n1. The van der Waals surface area contributed by atoms with E-state index in [1.54, 1.807) is 7.11 Å². The van der Waals surface area contributed by atoms with E-state index in [1.807, 2.05) is 41.8 Å². The Morgan fingerprint density at radius 3 is 2.67 bits per heavy atom. The van der Waals surface area contributed by atoms with Crippen LogP contribution in [0.4, 0.5) is 5.95 Å². The van der Waals surface area contributed by atoms with E-state index in [4.69, 9.17) is 4.74 Å². The van der Waals surface area contributed by atoms with E-state index in [0.717, 1.165) is 11.3 Å². The van der Waals surface area contributed by atoms with Crippen molar-refractivity contribution in [1.29, 1.82) is 0 Å². The lowest BCUT2D eigenvalue weighted by Crippen LogP contribution is -2.05. The molecule has 0 radical (unpaired) electrons. The van der Waals surface area contributed by atoms with Gasteiger partial charge in [-0.1, -0.05) is 30.3 Å². The summed E-state index contributed by atoms with van der Waals surface area (Å²) in [7, 11) is 1.71. The van der Waals surface area contributed by atoms with Gasteiger partial charge in [-0.2, -0.15) is 4.98 Å². The van der Waals surface area contributed by atoms with Gasteiger partial charge in [0.1, 0.15) is 0 Å². The number of ether oxygens (including phenoxy) is 1. The summed E-state index contributed by atoms with van der Waals surface area (Å²) < 4.78 is 7.06. The molecule has 0 unspecified atom stereocenters. The summed E-state index contributed by atoms with van der Waals surface area (Å²) in [4.78, 5) is 4.47. The first kappa shape index (κ1) is 13.6. The van der Waals surface area contributed by atoms with Crippen LogP contribution in [-0.4, -0.2) is 21.7 Å². The fourth-order valence-electron chi connectivity index (χ4n) is 2.31. The number of nitrogens with one attached hydrogen (secondary N) is 1. The van der Waals surface area contributed by atoms with Crippen LogP contribution in [0.2, 0.25) is 0 Å². The number of fused-ring (bicyclic) bond motifs is 1. The Kier molecular flexibility index (Phi) is 3.83. The molecule has 0 bridgehead atoms. The maximum absolute atomic E-state index is 5.22. The molecule has 0 amide bonds. The molecule has 0 saturated heterocycles. The molecule has 0 aliphatic rings. The predicted molar refractivity (Wildman–Crippen MR) is 82.2 cm³/mol. The number of aryl methyl sites for hydroxylation is 1. The molecule has 108 valence electrons. The van der Waals surface area contributed by atoms with Crippen LogP contribution in [0, 0.1) is 6.92 Å². The molecule has 0 saturated carbocycles. The molecule has 5 heteroatoms. The van der Waals surface area contributed by atoms with Gasteiger partial charge in [-0.15, -0.1) is 5.10 Å².